The minimum atomic E-state index is -0.999. The topological polar surface area (TPSA) is 106 Å². The molecule has 1 aliphatic heterocycles. The van der Waals surface area contributed by atoms with Gasteiger partial charge in [0.2, 0.25) is 5.82 Å². The van der Waals surface area contributed by atoms with Crippen LogP contribution in [0.1, 0.15) is 22.3 Å². The summed E-state index contributed by atoms with van der Waals surface area (Å²) in [6.07, 6.45) is 0. The number of thioether (sulfide) groups is 1. The van der Waals surface area contributed by atoms with Crippen LogP contribution >= 0.6 is 11.8 Å². The highest BCUT2D eigenvalue weighted by atomic mass is 32.2. The predicted octanol–water partition coefficient (Wildman–Crippen LogP) is 3.13. The van der Waals surface area contributed by atoms with Gasteiger partial charge >= 0.3 is 5.97 Å². The van der Waals surface area contributed by atoms with Crippen molar-refractivity contribution in [2.75, 3.05) is 24.7 Å². The molecule has 154 valence electrons. The fourth-order valence-electron chi connectivity index (χ4n) is 3.10. The molecule has 9 heteroatoms. The van der Waals surface area contributed by atoms with Crippen LogP contribution in [0.5, 0.6) is 5.75 Å². The van der Waals surface area contributed by atoms with Crippen LogP contribution in [0.3, 0.4) is 0 Å². The molecule has 1 unspecified atom stereocenters. The Balaban J connectivity index is 1.47. The van der Waals surface area contributed by atoms with E-state index in [0.717, 1.165) is 5.75 Å². The Morgan fingerprint density at radius 1 is 1.17 bits per heavy atom. The lowest BCUT2D eigenvalue weighted by Crippen LogP contribution is -2.43. The summed E-state index contributed by atoms with van der Waals surface area (Å²) in [5.41, 5.74) is 0.824. The first kappa shape index (κ1) is 20.0. The Morgan fingerprint density at radius 3 is 2.67 bits per heavy atom. The first-order valence-electron chi connectivity index (χ1n) is 9.34. The third-order valence-corrected chi connectivity index (χ3v) is 5.69. The number of carboxylic acid groups (broad SMARTS) is 1. The standard InChI is InChI=1S/C21H19N3O5S/c25-18(12-28-16-4-2-1-3-5-16)24-10-11-30-13-17(24)20-22-19(23-29-20)14-6-8-15(9-7-14)21(26)27/h1-9,17H,10-13H2,(H,26,27). The summed E-state index contributed by atoms with van der Waals surface area (Å²) in [7, 11) is 0. The van der Waals surface area contributed by atoms with Crippen molar-refractivity contribution in [1.82, 2.24) is 15.0 Å². The van der Waals surface area contributed by atoms with Gasteiger partial charge in [-0.2, -0.15) is 16.7 Å². The Morgan fingerprint density at radius 2 is 1.93 bits per heavy atom. The SMILES string of the molecule is O=C(O)c1ccc(-c2noc(C3CSCCN3C(=O)COc3ccccc3)n2)cc1. The fraction of sp³-hybridized carbons (Fsp3) is 0.238. The maximum atomic E-state index is 12.8. The number of benzene rings is 2. The smallest absolute Gasteiger partial charge is 0.335 e. The zero-order chi connectivity index (χ0) is 20.9. The average molecular weight is 425 g/mol. The third-order valence-electron chi connectivity index (χ3n) is 4.67. The molecule has 0 spiro atoms. The van der Waals surface area contributed by atoms with Crippen LogP contribution in [-0.2, 0) is 4.79 Å². The fourth-order valence-corrected chi connectivity index (χ4v) is 4.14. The maximum absolute atomic E-state index is 12.8. The molecule has 2 heterocycles. The third kappa shape index (κ3) is 4.46. The zero-order valence-corrected chi connectivity index (χ0v) is 16.7. The number of rotatable bonds is 6. The quantitative estimate of drug-likeness (QED) is 0.642. The number of ether oxygens (including phenoxy) is 1. The highest BCUT2D eigenvalue weighted by Gasteiger charge is 2.32. The lowest BCUT2D eigenvalue weighted by Gasteiger charge is -2.32. The molecule has 1 atom stereocenters. The second kappa shape index (κ2) is 9.00. The van der Waals surface area contributed by atoms with E-state index in [1.54, 1.807) is 40.9 Å². The van der Waals surface area contributed by atoms with Crippen LogP contribution in [0.2, 0.25) is 0 Å². The number of nitrogens with zero attached hydrogens (tertiary/aromatic N) is 3. The zero-order valence-electron chi connectivity index (χ0n) is 15.9. The van der Waals surface area contributed by atoms with E-state index in [4.69, 9.17) is 14.4 Å². The van der Waals surface area contributed by atoms with Gasteiger partial charge in [0.25, 0.3) is 11.8 Å². The number of aromatic nitrogens is 2. The number of amides is 1. The molecular weight excluding hydrogens is 406 g/mol. The summed E-state index contributed by atoms with van der Waals surface area (Å²) in [6, 6.07) is 15.1. The Hall–Kier alpha value is -3.33. The van der Waals surface area contributed by atoms with E-state index >= 15 is 0 Å². The number of aromatic carboxylic acids is 1. The van der Waals surface area contributed by atoms with Crippen molar-refractivity contribution in [2.45, 2.75) is 6.04 Å². The van der Waals surface area contributed by atoms with Crippen molar-refractivity contribution in [3.63, 3.8) is 0 Å². The Kier molecular flexibility index (Phi) is 5.99. The van der Waals surface area contributed by atoms with Crippen molar-refractivity contribution in [3.8, 4) is 17.1 Å². The van der Waals surface area contributed by atoms with Gasteiger partial charge in [-0.15, -0.1) is 0 Å². The molecule has 3 aromatic rings. The van der Waals surface area contributed by atoms with Gasteiger partial charge in [0.05, 0.1) is 5.56 Å². The van der Waals surface area contributed by atoms with Crippen LogP contribution in [0.15, 0.2) is 59.1 Å². The van der Waals surface area contributed by atoms with Gasteiger partial charge in [0.1, 0.15) is 11.8 Å². The molecule has 1 fully saturated rings. The number of hydrogen-bond acceptors (Lipinski definition) is 7. The first-order chi connectivity index (χ1) is 14.6. The van der Waals surface area contributed by atoms with Crippen LogP contribution in [0.25, 0.3) is 11.4 Å². The summed E-state index contributed by atoms with van der Waals surface area (Å²) in [5.74, 6) is 1.68. The molecule has 1 N–H and O–H groups in total. The molecule has 8 nitrogen and oxygen atoms in total. The molecule has 2 aromatic carbocycles. The van der Waals surface area contributed by atoms with Crippen LogP contribution < -0.4 is 4.74 Å². The summed E-state index contributed by atoms with van der Waals surface area (Å²) in [6.45, 7) is 0.500. The maximum Gasteiger partial charge on any atom is 0.335 e. The minimum absolute atomic E-state index is 0.0666. The van der Waals surface area contributed by atoms with E-state index in [-0.39, 0.29) is 24.1 Å². The first-order valence-corrected chi connectivity index (χ1v) is 10.5. The van der Waals surface area contributed by atoms with Crippen LogP contribution in [0, 0.1) is 0 Å². The second-order valence-electron chi connectivity index (χ2n) is 6.62. The lowest BCUT2D eigenvalue weighted by molar-refractivity contribution is -0.135. The average Bonchev–Trinajstić information content (AvgIpc) is 3.28. The van der Waals surface area contributed by atoms with Gasteiger partial charge < -0.3 is 19.3 Å². The molecule has 1 amide bonds. The number of carbonyl (C=O) groups is 2. The second-order valence-corrected chi connectivity index (χ2v) is 7.77. The molecular formula is C21H19N3O5S. The van der Waals surface area contributed by atoms with Gasteiger partial charge in [-0.3, -0.25) is 4.79 Å². The normalized spacial score (nSPS) is 16.3. The van der Waals surface area contributed by atoms with Crippen molar-refractivity contribution in [3.05, 3.63) is 66.1 Å². The van der Waals surface area contributed by atoms with E-state index in [2.05, 4.69) is 10.1 Å². The van der Waals surface area contributed by atoms with E-state index in [1.165, 1.54) is 12.1 Å². The van der Waals surface area contributed by atoms with Crippen molar-refractivity contribution >= 4 is 23.6 Å². The number of hydrogen-bond donors (Lipinski definition) is 1. The predicted molar refractivity (Wildman–Crippen MR) is 110 cm³/mol. The molecule has 1 aromatic heterocycles. The molecule has 0 bridgehead atoms. The van der Waals surface area contributed by atoms with Gasteiger partial charge in [-0.1, -0.05) is 35.5 Å². The number of carboxylic acids is 1. The summed E-state index contributed by atoms with van der Waals surface area (Å²) >= 11 is 1.72. The molecule has 4 rings (SSSR count). The Labute approximate surface area is 176 Å². The van der Waals surface area contributed by atoms with Crippen molar-refractivity contribution in [1.29, 1.82) is 0 Å². The van der Waals surface area contributed by atoms with Gasteiger partial charge in [0, 0.05) is 23.6 Å². The molecule has 0 saturated carbocycles. The van der Waals surface area contributed by atoms with E-state index in [1.807, 2.05) is 18.2 Å². The summed E-state index contributed by atoms with van der Waals surface area (Å²) in [4.78, 5) is 30.0. The monoisotopic (exact) mass is 425 g/mol. The number of carbonyl (C=O) groups excluding carboxylic acids is 1. The molecule has 0 aliphatic carbocycles. The van der Waals surface area contributed by atoms with E-state index in [0.29, 0.717) is 35.3 Å². The van der Waals surface area contributed by atoms with Gasteiger partial charge in [-0.05, 0) is 24.3 Å². The van der Waals surface area contributed by atoms with Gasteiger partial charge in [-0.25, -0.2) is 4.79 Å². The van der Waals surface area contributed by atoms with Crippen LogP contribution in [-0.4, -0.2) is 56.7 Å². The minimum Gasteiger partial charge on any atom is -0.484 e. The van der Waals surface area contributed by atoms with E-state index < -0.39 is 5.97 Å². The summed E-state index contributed by atoms with van der Waals surface area (Å²) in [5, 5.41) is 13.0. The van der Waals surface area contributed by atoms with Crippen molar-refractivity contribution in [2.24, 2.45) is 0 Å². The molecule has 0 radical (unpaired) electrons. The highest BCUT2D eigenvalue weighted by molar-refractivity contribution is 7.99. The molecule has 30 heavy (non-hydrogen) atoms. The van der Waals surface area contributed by atoms with Gasteiger partial charge in [0.15, 0.2) is 6.61 Å². The Bertz CT molecular complexity index is 1020. The highest BCUT2D eigenvalue weighted by Crippen LogP contribution is 2.30. The lowest BCUT2D eigenvalue weighted by atomic mass is 10.1. The molecule has 1 aliphatic rings. The van der Waals surface area contributed by atoms with E-state index in [9.17, 15) is 9.59 Å². The summed E-state index contributed by atoms with van der Waals surface area (Å²) < 4.78 is 11.1. The number of para-hydroxylation sites is 1. The molecule has 1 saturated heterocycles. The van der Waals surface area contributed by atoms with Crippen molar-refractivity contribution < 1.29 is 24.0 Å². The van der Waals surface area contributed by atoms with Crippen LogP contribution in [0.4, 0.5) is 0 Å². The largest absolute Gasteiger partial charge is 0.484 e.